The van der Waals surface area contributed by atoms with E-state index in [1.54, 1.807) is 11.8 Å². The van der Waals surface area contributed by atoms with Crippen LogP contribution in [0.1, 0.15) is 27.8 Å². The predicted molar refractivity (Wildman–Crippen MR) is 94.1 cm³/mol. The highest BCUT2D eigenvalue weighted by molar-refractivity contribution is 7.98. The molecule has 0 amide bonds. The summed E-state index contributed by atoms with van der Waals surface area (Å²) in [5.41, 5.74) is 7.38. The third-order valence-electron chi connectivity index (χ3n) is 4.11. The Morgan fingerprint density at radius 1 is 1.00 bits per heavy atom. The van der Waals surface area contributed by atoms with Crippen LogP contribution in [0.2, 0.25) is 0 Å². The van der Waals surface area contributed by atoms with Crippen molar-refractivity contribution < 1.29 is 0 Å². The molecule has 3 aromatic rings. The second kappa shape index (κ2) is 6.54. The van der Waals surface area contributed by atoms with Crippen LogP contribution in [0.5, 0.6) is 0 Å². The van der Waals surface area contributed by atoms with E-state index in [9.17, 15) is 0 Å². The number of hydrogen-bond donors (Lipinski definition) is 0. The number of tetrazole rings is 1. The van der Waals surface area contributed by atoms with Gasteiger partial charge in [-0.1, -0.05) is 47.7 Å². The lowest BCUT2D eigenvalue weighted by molar-refractivity contribution is 0.751. The van der Waals surface area contributed by atoms with Gasteiger partial charge in [-0.3, -0.25) is 0 Å². The van der Waals surface area contributed by atoms with Crippen molar-refractivity contribution in [3.8, 4) is 5.69 Å². The van der Waals surface area contributed by atoms with E-state index in [4.69, 9.17) is 0 Å². The summed E-state index contributed by atoms with van der Waals surface area (Å²) < 4.78 is 1.83. The van der Waals surface area contributed by atoms with Gasteiger partial charge < -0.3 is 0 Å². The zero-order valence-corrected chi connectivity index (χ0v) is 14.7. The van der Waals surface area contributed by atoms with Crippen LogP contribution in [-0.2, 0) is 5.75 Å². The van der Waals surface area contributed by atoms with Crippen LogP contribution < -0.4 is 0 Å². The fourth-order valence-corrected chi connectivity index (χ4v) is 3.43. The lowest BCUT2D eigenvalue weighted by Gasteiger charge is -2.10. The van der Waals surface area contributed by atoms with Crippen LogP contribution in [0.15, 0.2) is 41.6 Å². The van der Waals surface area contributed by atoms with Crippen LogP contribution in [0, 0.1) is 27.7 Å². The average Bonchev–Trinajstić information content (AvgIpc) is 2.99. The van der Waals surface area contributed by atoms with Crippen molar-refractivity contribution in [2.24, 2.45) is 0 Å². The summed E-state index contributed by atoms with van der Waals surface area (Å²) in [7, 11) is 0. The monoisotopic (exact) mass is 324 g/mol. The molecule has 0 spiro atoms. The van der Waals surface area contributed by atoms with E-state index in [0.717, 1.165) is 16.6 Å². The second-order valence-electron chi connectivity index (χ2n) is 5.81. The Morgan fingerprint density at radius 3 is 2.65 bits per heavy atom. The van der Waals surface area contributed by atoms with Gasteiger partial charge in [0.25, 0.3) is 0 Å². The molecule has 0 aliphatic carbocycles. The van der Waals surface area contributed by atoms with Gasteiger partial charge in [-0.05, 0) is 66.4 Å². The zero-order valence-electron chi connectivity index (χ0n) is 13.9. The van der Waals surface area contributed by atoms with E-state index < -0.39 is 0 Å². The highest BCUT2D eigenvalue weighted by Crippen LogP contribution is 2.26. The molecule has 0 aliphatic rings. The van der Waals surface area contributed by atoms with Crippen LogP contribution in [0.4, 0.5) is 0 Å². The standard InChI is InChI=1S/C18H20N4S/c1-12-8-9-14(3)16(10-12)11-23-18-19-20-21-22(18)17-7-5-6-13(2)15(17)4/h5-10H,11H2,1-4H3. The molecule has 1 heterocycles. The Hall–Kier alpha value is -2.14. The molecule has 23 heavy (non-hydrogen) atoms. The first-order valence-electron chi connectivity index (χ1n) is 7.60. The Labute approximate surface area is 140 Å². The molecule has 4 nitrogen and oxygen atoms in total. The minimum atomic E-state index is 0.819. The molecule has 1 aromatic heterocycles. The van der Waals surface area contributed by atoms with Crippen molar-refractivity contribution in [2.45, 2.75) is 38.6 Å². The van der Waals surface area contributed by atoms with Gasteiger partial charge in [0, 0.05) is 5.75 Å². The van der Waals surface area contributed by atoms with Gasteiger partial charge in [0.1, 0.15) is 0 Å². The molecule has 0 unspecified atom stereocenters. The number of aryl methyl sites for hydroxylation is 3. The Balaban J connectivity index is 1.87. The number of benzene rings is 2. The van der Waals surface area contributed by atoms with Crippen molar-refractivity contribution in [3.05, 3.63) is 64.2 Å². The smallest absolute Gasteiger partial charge is 0.187 e. The van der Waals surface area contributed by atoms with Crippen LogP contribution in [-0.4, -0.2) is 20.2 Å². The summed E-state index contributed by atoms with van der Waals surface area (Å²) in [6, 6.07) is 12.7. The molecule has 118 valence electrons. The largest absolute Gasteiger partial charge is 0.214 e. The van der Waals surface area contributed by atoms with Gasteiger partial charge in [0.15, 0.2) is 0 Å². The van der Waals surface area contributed by atoms with E-state index in [-0.39, 0.29) is 0 Å². The summed E-state index contributed by atoms with van der Waals surface area (Å²) in [4.78, 5) is 0. The fourth-order valence-electron chi connectivity index (χ4n) is 2.48. The predicted octanol–water partition coefficient (Wildman–Crippen LogP) is 4.19. The minimum Gasteiger partial charge on any atom is -0.187 e. The highest BCUT2D eigenvalue weighted by Gasteiger charge is 2.12. The molecular weight excluding hydrogens is 304 g/mol. The molecule has 3 rings (SSSR count). The molecule has 0 N–H and O–H groups in total. The van der Waals surface area contributed by atoms with Crippen LogP contribution in [0.25, 0.3) is 5.69 Å². The van der Waals surface area contributed by atoms with Gasteiger partial charge in [-0.2, -0.15) is 4.68 Å². The molecule has 2 aromatic carbocycles. The van der Waals surface area contributed by atoms with Gasteiger partial charge in [0.2, 0.25) is 5.16 Å². The summed E-state index contributed by atoms with van der Waals surface area (Å²) >= 11 is 1.67. The van der Waals surface area contributed by atoms with E-state index in [1.807, 2.05) is 10.7 Å². The Bertz CT molecular complexity index is 839. The third-order valence-corrected chi connectivity index (χ3v) is 5.07. The lowest BCUT2D eigenvalue weighted by atomic mass is 10.1. The highest BCUT2D eigenvalue weighted by atomic mass is 32.2. The average molecular weight is 324 g/mol. The third kappa shape index (κ3) is 3.29. The van der Waals surface area contributed by atoms with E-state index in [2.05, 4.69) is 73.6 Å². The van der Waals surface area contributed by atoms with Crippen molar-refractivity contribution in [2.75, 3.05) is 0 Å². The molecule has 0 bridgehead atoms. The molecule has 0 aliphatic heterocycles. The Kier molecular flexibility index (Phi) is 4.48. The first-order chi connectivity index (χ1) is 11.1. The minimum absolute atomic E-state index is 0.819. The zero-order chi connectivity index (χ0) is 16.4. The molecular formula is C18H20N4S. The number of nitrogens with zero attached hydrogens (tertiary/aromatic N) is 4. The summed E-state index contributed by atoms with van der Waals surface area (Å²) in [6.45, 7) is 8.47. The van der Waals surface area contributed by atoms with Gasteiger partial charge in [-0.25, -0.2) is 0 Å². The molecule has 5 heteroatoms. The topological polar surface area (TPSA) is 43.6 Å². The van der Waals surface area contributed by atoms with E-state index in [0.29, 0.717) is 0 Å². The normalized spacial score (nSPS) is 11.0. The van der Waals surface area contributed by atoms with Crippen molar-refractivity contribution in [1.29, 1.82) is 0 Å². The van der Waals surface area contributed by atoms with Crippen LogP contribution >= 0.6 is 11.8 Å². The van der Waals surface area contributed by atoms with Gasteiger partial charge in [-0.15, -0.1) is 5.10 Å². The first-order valence-corrected chi connectivity index (χ1v) is 8.58. The van der Waals surface area contributed by atoms with Crippen molar-refractivity contribution in [3.63, 3.8) is 0 Å². The van der Waals surface area contributed by atoms with Crippen molar-refractivity contribution >= 4 is 11.8 Å². The lowest BCUT2D eigenvalue weighted by Crippen LogP contribution is -2.02. The SMILES string of the molecule is Cc1ccc(C)c(CSc2nnnn2-c2cccc(C)c2C)c1. The van der Waals surface area contributed by atoms with Crippen LogP contribution in [0.3, 0.4) is 0 Å². The van der Waals surface area contributed by atoms with Gasteiger partial charge in [0.05, 0.1) is 5.69 Å². The first kappa shape index (κ1) is 15.7. The maximum Gasteiger partial charge on any atom is 0.214 e. The maximum absolute atomic E-state index is 4.20. The van der Waals surface area contributed by atoms with Crippen molar-refractivity contribution in [1.82, 2.24) is 20.2 Å². The summed E-state index contributed by atoms with van der Waals surface area (Å²) in [5, 5.41) is 13.1. The number of rotatable bonds is 4. The molecule has 0 saturated carbocycles. The van der Waals surface area contributed by atoms with Gasteiger partial charge >= 0.3 is 0 Å². The Morgan fingerprint density at radius 2 is 1.83 bits per heavy atom. The van der Waals surface area contributed by atoms with E-state index >= 15 is 0 Å². The molecule has 0 atom stereocenters. The number of hydrogen-bond acceptors (Lipinski definition) is 4. The maximum atomic E-state index is 4.20. The quantitative estimate of drug-likeness (QED) is 0.675. The second-order valence-corrected chi connectivity index (χ2v) is 6.75. The molecule has 0 fully saturated rings. The number of thioether (sulfide) groups is 1. The van der Waals surface area contributed by atoms with E-state index in [1.165, 1.54) is 27.8 Å². The molecule has 0 saturated heterocycles. The number of aromatic nitrogens is 4. The molecule has 0 radical (unpaired) electrons. The summed E-state index contributed by atoms with van der Waals surface area (Å²) in [6.07, 6.45) is 0. The summed E-state index contributed by atoms with van der Waals surface area (Å²) in [5.74, 6) is 0.860. The fraction of sp³-hybridized carbons (Fsp3) is 0.278.